The molecule has 1 aromatic heterocycles. The van der Waals surface area contributed by atoms with Crippen molar-refractivity contribution in [3.63, 3.8) is 0 Å². The maximum Gasteiger partial charge on any atom is 0.408 e. The second-order valence-electron chi connectivity index (χ2n) is 11.0. The molecule has 2 N–H and O–H groups in total. The van der Waals surface area contributed by atoms with Gasteiger partial charge in [0.2, 0.25) is 10.0 Å². The number of amides is 2. The second kappa shape index (κ2) is 12.0. The summed E-state index contributed by atoms with van der Waals surface area (Å²) in [6.45, 7) is 4.12. The number of sulfonamides is 1. The van der Waals surface area contributed by atoms with E-state index in [1.54, 1.807) is 32.9 Å². The minimum absolute atomic E-state index is 0.0657. The first-order valence-corrected chi connectivity index (χ1v) is 15.2. The Balaban J connectivity index is 1.63. The number of hydrogen-bond acceptors (Lipinski definition) is 8. The molecule has 0 saturated heterocycles. The maximum absolute atomic E-state index is 13.6. The molecule has 1 saturated carbocycles. The van der Waals surface area contributed by atoms with Crippen molar-refractivity contribution < 1.29 is 41.1 Å². The fourth-order valence-electron chi connectivity index (χ4n) is 4.46. The van der Waals surface area contributed by atoms with E-state index in [2.05, 4.69) is 10.6 Å². The van der Waals surface area contributed by atoms with Crippen LogP contribution in [0.1, 0.15) is 55.5 Å². The number of anilines is 1. The van der Waals surface area contributed by atoms with Crippen LogP contribution in [-0.4, -0.2) is 65.0 Å². The predicted octanol–water partition coefficient (Wildman–Crippen LogP) is 4.31. The van der Waals surface area contributed by atoms with Crippen LogP contribution < -0.4 is 14.9 Å². The van der Waals surface area contributed by atoms with Crippen LogP contribution in [0.4, 0.5) is 14.9 Å². The summed E-state index contributed by atoms with van der Waals surface area (Å²) in [5.74, 6) is -1.33. The number of nitrogens with one attached hydrogen (secondary N) is 2. The minimum atomic E-state index is -3.85. The number of fused-ring (bicyclic) bond motifs is 1. The van der Waals surface area contributed by atoms with Gasteiger partial charge in [-0.3, -0.25) is 13.9 Å². The molecule has 1 aliphatic carbocycles. The van der Waals surface area contributed by atoms with Gasteiger partial charge in [-0.1, -0.05) is 0 Å². The largest absolute Gasteiger partial charge is 0.462 e. The zero-order valence-electron chi connectivity index (χ0n) is 24.1. The molecular weight excluding hydrogens is 569 g/mol. The zero-order chi connectivity index (χ0) is 30.8. The second-order valence-corrected chi connectivity index (χ2v) is 12.9. The highest BCUT2D eigenvalue weighted by Crippen LogP contribution is 2.48. The number of rotatable bonds is 10. The summed E-state index contributed by atoms with van der Waals surface area (Å²) in [6, 6.07) is 8.83. The van der Waals surface area contributed by atoms with E-state index in [1.165, 1.54) is 31.3 Å². The monoisotopic (exact) mass is 603 g/mol. The number of carbonyl (C=O) groups is 3. The van der Waals surface area contributed by atoms with Gasteiger partial charge in [0.15, 0.2) is 0 Å². The average molecular weight is 604 g/mol. The van der Waals surface area contributed by atoms with Crippen LogP contribution in [0.15, 0.2) is 40.8 Å². The Morgan fingerprint density at radius 1 is 1.12 bits per heavy atom. The summed E-state index contributed by atoms with van der Waals surface area (Å²) in [6.07, 6.45) is 1.93. The number of nitrogens with zero attached hydrogens (tertiary/aromatic N) is 1. The van der Waals surface area contributed by atoms with Crippen LogP contribution in [-0.2, 0) is 24.3 Å². The normalized spacial score (nSPS) is 13.5. The number of halogens is 1. The first-order valence-electron chi connectivity index (χ1n) is 13.4. The molecular formula is C29H34FN3O8S. The fraction of sp³-hybridized carbons (Fsp3) is 0.414. The van der Waals surface area contributed by atoms with Gasteiger partial charge in [0.05, 0.1) is 24.1 Å². The lowest BCUT2D eigenvalue weighted by molar-refractivity contribution is -0.142. The van der Waals surface area contributed by atoms with Crippen LogP contribution in [0.2, 0.25) is 0 Å². The Labute approximate surface area is 243 Å². The molecule has 42 heavy (non-hydrogen) atoms. The molecule has 0 radical (unpaired) electrons. The lowest BCUT2D eigenvalue weighted by Gasteiger charge is -2.25. The maximum atomic E-state index is 13.6. The molecule has 0 unspecified atom stereocenters. The Morgan fingerprint density at radius 3 is 2.36 bits per heavy atom. The molecule has 226 valence electrons. The molecule has 2 aromatic carbocycles. The van der Waals surface area contributed by atoms with Crippen LogP contribution in [0.5, 0.6) is 0 Å². The summed E-state index contributed by atoms with van der Waals surface area (Å²) in [5.41, 5.74) is 1.32. The Hall–Kier alpha value is -4.13. The molecule has 2 amide bonds. The van der Waals surface area contributed by atoms with E-state index in [4.69, 9.17) is 13.9 Å². The van der Waals surface area contributed by atoms with Gasteiger partial charge in [-0.15, -0.1) is 0 Å². The molecule has 11 nitrogen and oxygen atoms in total. The van der Waals surface area contributed by atoms with Crippen molar-refractivity contribution in [3.8, 4) is 11.3 Å². The van der Waals surface area contributed by atoms with Gasteiger partial charge in [-0.05, 0) is 75.4 Å². The van der Waals surface area contributed by atoms with Crippen molar-refractivity contribution in [3.05, 3.63) is 53.3 Å². The summed E-state index contributed by atoms with van der Waals surface area (Å²) in [4.78, 5) is 36.9. The van der Waals surface area contributed by atoms with Crippen LogP contribution in [0, 0.1) is 5.82 Å². The molecule has 13 heteroatoms. The smallest absolute Gasteiger partial charge is 0.408 e. The zero-order valence-corrected chi connectivity index (χ0v) is 24.9. The molecule has 0 spiro atoms. The van der Waals surface area contributed by atoms with E-state index in [1.807, 2.05) is 0 Å². The van der Waals surface area contributed by atoms with Crippen LogP contribution in [0.25, 0.3) is 22.3 Å². The van der Waals surface area contributed by atoms with Gasteiger partial charge in [-0.25, -0.2) is 17.6 Å². The topological polar surface area (TPSA) is 144 Å². The SMILES string of the molecule is CNC(=O)c1c(-c2ccc(F)cc2)oc2cc(N(CCOC(=O)CNC(=O)OC(C)(C)C)S(C)(=O)=O)c(C3CC3)cc12. The van der Waals surface area contributed by atoms with Crippen molar-refractivity contribution in [2.24, 2.45) is 0 Å². The molecule has 1 fully saturated rings. The summed E-state index contributed by atoms with van der Waals surface area (Å²) < 4.78 is 57.0. The molecule has 0 aliphatic heterocycles. The number of carbonyl (C=O) groups excluding carboxylic acids is 3. The molecule has 1 aliphatic rings. The highest BCUT2D eigenvalue weighted by Gasteiger charge is 2.33. The lowest BCUT2D eigenvalue weighted by Crippen LogP contribution is -2.37. The van der Waals surface area contributed by atoms with Gasteiger partial charge in [-0.2, -0.15) is 0 Å². The third-order valence-electron chi connectivity index (χ3n) is 6.42. The van der Waals surface area contributed by atoms with E-state index in [0.29, 0.717) is 22.2 Å². The first-order chi connectivity index (χ1) is 19.7. The quantitative estimate of drug-likeness (QED) is 0.326. The molecule has 3 aromatic rings. The van der Waals surface area contributed by atoms with E-state index in [0.717, 1.165) is 23.4 Å². The van der Waals surface area contributed by atoms with Crippen molar-refractivity contribution in [2.45, 2.75) is 45.1 Å². The van der Waals surface area contributed by atoms with Crippen LogP contribution in [0.3, 0.4) is 0 Å². The molecule has 1 heterocycles. The Bertz CT molecular complexity index is 1610. The van der Waals surface area contributed by atoms with Crippen molar-refractivity contribution in [2.75, 3.05) is 37.3 Å². The van der Waals surface area contributed by atoms with Crippen molar-refractivity contribution >= 4 is 44.6 Å². The standard InChI is InChI=1S/C29H34FN3O8S/c1-29(2,3)41-28(36)32-16-24(34)39-13-12-33(42(5,37)38)22-15-23-21(14-20(22)17-6-7-17)25(27(35)31-4)26(40-23)18-8-10-19(30)11-9-18/h8-11,14-15,17H,6-7,12-13,16H2,1-5H3,(H,31,35)(H,32,36). The minimum Gasteiger partial charge on any atom is -0.462 e. The Morgan fingerprint density at radius 2 is 1.79 bits per heavy atom. The van der Waals surface area contributed by atoms with Crippen LogP contribution >= 0.6 is 0 Å². The Kier molecular flexibility index (Phi) is 8.81. The van der Waals surface area contributed by atoms with Gasteiger partial charge >= 0.3 is 12.1 Å². The molecule has 0 atom stereocenters. The van der Waals surface area contributed by atoms with Crippen molar-refractivity contribution in [1.82, 2.24) is 10.6 Å². The number of benzene rings is 2. The number of esters is 1. The first kappa shape index (κ1) is 30.8. The van der Waals surface area contributed by atoms with Gasteiger partial charge < -0.3 is 24.5 Å². The van der Waals surface area contributed by atoms with Gasteiger partial charge in [0, 0.05) is 24.1 Å². The van der Waals surface area contributed by atoms with Gasteiger partial charge in [0.25, 0.3) is 5.91 Å². The van der Waals surface area contributed by atoms with Gasteiger partial charge in [0.1, 0.15) is 35.9 Å². The summed E-state index contributed by atoms with van der Waals surface area (Å²) in [5, 5.41) is 5.40. The molecule has 4 rings (SSSR count). The van der Waals surface area contributed by atoms with E-state index in [-0.39, 0.29) is 36.0 Å². The fourth-order valence-corrected chi connectivity index (χ4v) is 5.38. The van der Waals surface area contributed by atoms with E-state index >= 15 is 0 Å². The highest BCUT2D eigenvalue weighted by atomic mass is 32.2. The average Bonchev–Trinajstić information content (AvgIpc) is 3.68. The van der Waals surface area contributed by atoms with Crippen molar-refractivity contribution in [1.29, 1.82) is 0 Å². The third kappa shape index (κ3) is 7.38. The number of ether oxygens (including phenoxy) is 2. The number of alkyl carbamates (subject to hydrolysis) is 1. The third-order valence-corrected chi connectivity index (χ3v) is 7.60. The number of furan rings is 1. The van der Waals surface area contributed by atoms with E-state index < -0.39 is 46.0 Å². The number of hydrogen-bond donors (Lipinski definition) is 2. The molecule has 0 bridgehead atoms. The lowest BCUT2D eigenvalue weighted by atomic mass is 10.0. The summed E-state index contributed by atoms with van der Waals surface area (Å²) in [7, 11) is -2.36. The predicted molar refractivity (Wildman–Crippen MR) is 154 cm³/mol. The summed E-state index contributed by atoms with van der Waals surface area (Å²) >= 11 is 0. The van der Waals surface area contributed by atoms with E-state index in [9.17, 15) is 27.2 Å². The highest BCUT2D eigenvalue weighted by molar-refractivity contribution is 7.92.